The van der Waals surface area contributed by atoms with Gasteiger partial charge in [0.25, 0.3) is 0 Å². The van der Waals surface area contributed by atoms with Gasteiger partial charge in [-0.2, -0.15) is 0 Å². The van der Waals surface area contributed by atoms with Gasteiger partial charge in [0.05, 0.1) is 28.5 Å². The van der Waals surface area contributed by atoms with Crippen molar-refractivity contribution in [2.24, 2.45) is 15.9 Å². The molecule has 2 unspecified atom stereocenters. The predicted molar refractivity (Wildman–Crippen MR) is 263 cm³/mol. The van der Waals surface area contributed by atoms with E-state index in [-0.39, 0.29) is 12.0 Å². The number of thiophene rings is 1. The average molecular weight is 814 g/mol. The summed E-state index contributed by atoms with van der Waals surface area (Å²) in [5.41, 5.74) is 9.46. The molecule has 0 aliphatic carbocycles. The molecule has 0 bridgehead atoms. The molecule has 12 aromatic rings. The van der Waals surface area contributed by atoms with Crippen molar-refractivity contribution in [2.45, 2.75) is 25.8 Å². The third-order valence-corrected chi connectivity index (χ3v) is 14.3. The maximum Gasteiger partial charge on any atom is 0.155 e. The second kappa shape index (κ2) is 13.8. The van der Waals surface area contributed by atoms with E-state index in [4.69, 9.17) is 14.4 Å². The Kier molecular flexibility index (Phi) is 7.91. The van der Waals surface area contributed by atoms with Crippen LogP contribution in [0.5, 0.6) is 0 Å². The van der Waals surface area contributed by atoms with Gasteiger partial charge in [-0.3, -0.25) is 4.99 Å². The van der Waals surface area contributed by atoms with Crippen LogP contribution >= 0.6 is 11.3 Å². The normalized spacial score (nSPS) is 17.9. The molecular weight excluding hydrogens is 775 g/mol. The lowest BCUT2D eigenvalue weighted by Gasteiger charge is -2.24. The number of para-hydroxylation sites is 1. The van der Waals surface area contributed by atoms with Gasteiger partial charge >= 0.3 is 0 Å². The summed E-state index contributed by atoms with van der Waals surface area (Å²) in [6, 6.07) is 66.0. The van der Waals surface area contributed by atoms with Crippen LogP contribution in [0, 0.1) is 5.92 Å². The van der Waals surface area contributed by atoms with Crippen molar-refractivity contribution in [3.05, 3.63) is 199 Å². The first kappa shape index (κ1) is 35.4. The van der Waals surface area contributed by atoms with Gasteiger partial charge in [-0.05, 0) is 95.1 Å². The number of rotatable bonds is 4. The Balaban J connectivity index is 1.12. The quantitative estimate of drug-likeness (QED) is 0.174. The monoisotopic (exact) mass is 813 g/mol. The van der Waals surface area contributed by atoms with Crippen molar-refractivity contribution in [3.8, 4) is 5.69 Å². The molecular formula is C57H39N3OS. The average Bonchev–Trinajstić information content (AvgIpc) is 3.99. The van der Waals surface area contributed by atoms with Gasteiger partial charge in [0, 0.05) is 64.3 Å². The molecule has 294 valence electrons. The van der Waals surface area contributed by atoms with Gasteiger partial charge in [-0.15, -0.1) is 11.3 Å². The standard InChI is InChI=1S/C57H39N3OS/c1-34-23-27-48(36-14-3-2-4-15-36)58-57(39-25-28-53-46(30-39)43-20-10-12-22-52(43)62-53)59-55(34)47-32-40(33-51-54(47)44-26-24-35-13-7-8-18-41(35)56(44)61-51)60-49-21-11-9-19-42(49)45-29-37-16-5-6-17-38(37)31-50(45)60/h2-22,24-26,28-34,48H,23,27H2,1H3/b58-57-,59-55+. The Morgan fingerprint density at radius 2 is 1.27 bits per heavy atom. The lowest BCUT2D eigenvalue weighted by Crippen LogP contribution is -2.20. The first-order chi connectivity index (χ1) is 30.6. The number of benzene rings is 9. The SMILES string of the molecule is CC1CCC(c2ccccc2)/N=C(c2ccc3sc4ccccc4c3c2)\N=C/1c1cc(-n2c3ccccc3c3cc4ccccc4cc32)cc2oc3c4ccccc4ccc3c12. The second-order valence-corrected chi connectivity index (χ2v) is 17.9. The zero-order valence-corrected chi connectivity index (χ0v) is 34.9. The molecule has 0 radical (unpaired) electrons. The molecule has 0 saturated heterocycles. The van der Waals surface area contributed by atoms with Crippen LogP contribution < -0.4 is 0 Å². The third-order valence-electron chi connectivity index (χ3n) is 13.2. The highest BCUT2D eigenvalue weighted by atomic mass is 32.1. The zero-order chi connectivity index (χ0) is 40.9. The topological polar surface area (TPSA) is 42.8 Å². The summed E-state index contributed by atoms with van der Waals surface area (Å²) in [7, 11) is 0. The fourth-order valence-corrected chi connectivity index (χ4v) is 11.2. The molecule has 0 N–H and O–H groups in total. The van der Waals surface area contributed by atoms with Gasteiger partial charge in [0.2, 0.25) is 0 Å². The molecule has 3 aromatic heterocycles. The zero-order valence-electron chi connectivity index (χ0n) is 34.0. The van der Waals surface area contributed by atoms with Crippen LogP contribution in [0.3, 0.4) is 0 Å². The number of furan rings is 1. The lowest BCUT2D eigenvalue weighted by molar-refractivity contribution is 0.555. The number of fused-ring (bicyclic) bond motifs is 12. The van der Waals surface area contributed by atoms with Gasteiger partial charge < -0.3 is 8.98 Å². The van der Waals surface area contributed by atoms with Crippen molar-refractivity contribution >= 4 is 108 Å². The largest absolute Gasteiger partial charge is 0.455 e. The molecule has 0 amide bonds. The van der Waals surface area contributed by atoms with E-state index in [1.54, 1.807) is 0 Å². The summed E-state index contributed by atoms with van der Waals surface area (Å²) in [4.78, 5) is 11.4. The fraction of sp³-hybridized carbons (Fsp3) is 0.0877. The Bertz CT molecular complexity index is 3850. The van der Waals surface area contributed by atoms with Crippen LogP contribution in [0.15, 0.2) is 196 Å². The van der Waals surface area contributed by atoms with Crippen LogP contribution in [0.25, 0.3) is 91.1 Å². The fourth-order valence-electron chi connectivity index (χ4n) is 10.1. The number of aromatic nitrogens is 1. The van der Waals surface area contributed by atoms with E-state index < -0.39 is 0 Å². The minimum atomic E-state index is -0.0197. The van der Waals surface area contributed by atoms with E-state index in [1.165, 1.54) is 47.3 Å². The maximum absolute atomic E-state index is 7.09. The molecule has 0 saturated carbocycles. The smallest absolute Gasteiger partial charge is 0.155 e. The Hall–Kier alpha value is -7.34. The number of amidine groups is 1. The summed E-state index contributed by atoms with van der Waals surface area (Å²) in [5, 5.41) is 11.8. The summed E-state index contributed by atoms with van der Waals surface area (Å²) < 4.78 is 12.1. The Morgan fingerprint density at radius 3 is 2.15 bits per heavy atom. The third kappa shape index (κ3) is 5.51. The molecule has 1 aliphatic heterocycles. The second-order valence-electron chi connectivity index (χ2n) is 16.9. The van der Waals surface area contributed by atoms with Crippen LogP contribution in [0.2, 0.25) is 0 Å². The van der Waals surface area contributed by atoms with Crippen LogP contribution in [-0.2, 0) is 0 Å². The van der Waals surface area contributed by atoms with Gasteiger partial charge in [0.1, 0.15) is 11.2 Å². The summed E-state index contributed by atoms with van der Waals surface area (Å²) in [6.07, 6.45) is 1.83. The molecule has 1 aliphatic rings. The van der Waals surface area contributed by atoms with Gasteiger partial charge in [-0.1, -0.05) is 128 Å². The number of hydrogen-bond donors (Lipinski definition) is 0. The predicted octanol–water partition coefficient (Wildman–Crippen LogP) is 15.8. The Morgan fingerprint density at radius 1 is 0.548 bits per heavy atom. The van der Waals surface area contributed by atoms with Gasteiger partial charge in [-0.25, -0.2) is 4.99 Å². The highest BCUT2D eigenvalue weighted by Gasteiger charge is 2.27. The van der Waals surface area contributed by atoms with E-state index in [1.807, 2.05) is 11.3 Å². The molecule has 0 spiro atoms. The van der Waals surface area contributed by atoms with Crippen LogP contribution in [0.1, 0.15) is 42.5 Å². The molecule has 62 heavy (non-hydrogen) atoms. The highest BCUT2D eigenvalue weighted by Crippen LogP contribution is 2.42. The summed E-state index contributed by atoms with van der Waals surface area (Å²) >= 11 is 1.84. The van der Waals surface area contributed by atoms with Crippen molar-refractivity contribution in [1.82, 2.24) is 4.57 Å². The molecule has 13 rings (SSSR count). The lowest BCUT2D eigenvalue weighted by atomic mass is 9.87. The van der Waals surface area contributed by atoms with Crippen molar-refractivity contribution in [3.63, 3.8) is 0 Å². The van der Waals surface area contributed by atoms with E-state index in [0.29, 0.717) is 0 Å². The van der Waals surface area contributed by atoms with Gasteiger partial charge in [0.15, 0.2) is 5.84 Å². The van der Waals surface area contributed by atoms with Crippen LogP contribution in [-0.4, -0.2) is 16.1 Å². The molecule has 4 nitrogen and oxygen atoms in total. The maximum atomic E-state index is 7.09. The van der Waals surface area contributed by atoms with Crippen molar-refractivity contribution in [2.75, 3.05) is 0 Å². The number of aliphatic imine (C=N–C) groups is 2. The molecule has 4 heterocycles. The van der Waals surface area contributed by atoms with E-state index in [2.05, 4.69) is 193 Å². The van der Waals surface area contributed by atoms with Crippen molar-refractivity contribution in [1.29, 1.82) is 0 Å². The van der Waals surface area contributed by atoms with E-state index in [0.717, 1.165) is 84.9 Å². The molecule has 5 heteroatoms. The first-order valence-electron chi connectivity index (χ1n) is 21.6. The Labute approximate surface area is 361 Å². The summed E-state index contributed by atoms with van der Waals surface area (Å²) in [5.74, 6) is 0.876. The molecule has 9 aromatic carbocycles. The first-order valence-corrected chi connectivity index (χ1v) is 22.4. The van der Waals surface area contributed by atoms with E-state index >= 15 is 0 Å². The van der Waals surface area contributed by atoms with E-state index in [9.17, 15) is 0 Å². The molecule has 0 fully saturated rings. The van der Waals surface area contributed by atoms with Crippen LogP contribution in [0.4, 0.5) is 0 Å². The minimum Gasteiger partial charge on any atom is -0.455 e. The summed E-state index contributed by atoms with van der Waals surface area (Å²) in [6.45, 7) is 2.35. The highest BCUT2D eigenvalue weighted by molar-refractivity contribution is 7.25. The van der Waals surface area contributed by atoms with Crippen molar-refractivity contribution < 1.29 is 4.42 Å². The molecule has 2 atom stereocenters. The minimum absolute atomic E-state index is 0.0197. The number of nitrogens with zero attached hydrogens (tertiary/aromatic N) is 3. The number of hydrogen-bond acceptors (Lipinski definition) is 4.